The fraction of sp³-hybridized carbons (Fsp3) is 0.368. The monoisotopic (exact) mass is 424 g/mol. The van der Waals surface area contributed by atoms with Gasteiger partial charge in [-0.3, -0.25) is 19.1 Å². The topological polar surface area (TPSA) is 117 Å². The third-order valence-electron chi connectivity index (χ3n) is 4.51. The number of benzene rings is 1. The molecule has 1 N–H and O–H groups in total. The molecule has 0 amide bonds. The van der Waals surface area contributed by atoms with Gasteiger partial charge in [-0.25, -0.2) is 18.4 Å². The third kappa shape index (κ3) is 4.62. The quantitative estimate of drug-likeness (QED) is 0.691. The first-order valence-electron chi connectivity index (χ1n) is 8.92. The molecule has 0 unspecified atom stereocenters. The van der Waals surface area contributed by atoms with Gasteiger partial charge in [0.1, 0.15) is 12.7 Å². The molecule has 1 aliphatic rings. The van der Waals surface area contributed by atoms with Crippen molar-refractivity contribution in [2.24, 2.45) is 5.92 Å². The number of ether oxygens (including phenoxy) is 3. The van der Waals surface area contributed by atoms with Gasteiger partial charge in [-0.15, -0.1) is 0 Å². The predicted octanol–water partition coefficient (Wildman–Crippen LogP) is 1.10. The van der Waals surface area contributed by atoms with Crippen molar-refractivity contribution in [2.45, 2.75) is 31.8 Å². The first-order chi connectivity index (χ1) is 14.3. The molecule has 0 radical (unpaired) electrons. The minimum absolute atomic E-state index is 0.217. The van der Waals surface area contributed by atoms with E-state index in [1.807, 2.05) is 4.98 Å². The normalized spacial score (nSPS) is 23.3. The second-order valence-electron chi connectivity index (χ2n) is 6.53. The van der Waals surface area contributed by atoms with Crippen LogP contribution in [0.25, 0.3) is 0 Å². The Labute approximate surface area is 168 Å². The molecule has 2 heterocycles. The lowest BCUT2D eigenvalue weighted by Crippen LogP contribution is -2.40. The van der Waals surface area contributed by atoms with Crippen LogP contribution in [-0.4, -0.2) is 46.7 Å². The van der Waals surface area contributed by atoms with E-state index in [4.69, 9.17) is 14.2 Å². The number of halogens is 2. The van der Waals surface area contributed by atoms with Crippen LogP contribution in [0.5, 0.6) is 0 Å². The van der Waals surface area contributed by atoms with Gasteiger partial charge >= 0.3 is 17.6 Å². The van der Waals surface area contributed by atoms with Crippen molar-refractivity contribution in [3.8, 4) is 0 Å². The van der Waals surface area contributed by atoms with E-state index in [0.29, 0.717) is 0 Å². The number of nitrogens with one attached hydrogen (secondary N) is 1. The number of alkyl halides is 2. The van der Waals surface area contributed by atoms with Gasteiger partial charge in [0, 0.05) is 19.2 Å². The highest BCUT2D eigenvalue weighted by molar-refractivity contribution is 5.89. The average molecular weight is 424 g/mol. The molecule has 0 saturated carbocycles. The summed E-state index contributed by atoms with van der Waals surface area (Å²) in [5.41, 5.74) is -1.41. The van der Waals surface area contributed by atoms with E-state index in [9.17, 15) is 28.0 Å². The maximum atomic E-state index is 13.8. The number of hydrogen-bond acceptors (Lipinski definition) is 7. The Bertz CT molecular complexity index is 1020. The van der Waals surface area contributed by atoms with E-state index in [-0.39, 0.29) is 5.56 Å². The van der Waals surface area contributed by atoms with Crippen LogP contribution in [0.1, 0.15) is 23.5 Å². The summed E-state index contributed by atoms with van der Waals surface area (Å²) in [7, 11) is 0. The lowest BCUT2D eigenvalue weighted by Gasteiger charge is -2.23. The number of rotatable bonds is 6. The van der Waals surface area contributed by atoms with Crippen LogP contribution in [0.15, 0.2) is 52.2 Å². The van der Waals surface area contributed by atoms with E-state index in [0.717, 1.165) is 23.8 Å². The SMILES string of the molecule is CC(=O)O[C@@H]1[C@H](C(F)F)[C@@H](COC(=O)c2ccccc2)O[C@H]1n1ccc(=O)[nH]c1=O. The molecule has 4 atom stereocenters. The molecule has 2 aromatic rings. The molecular weight excluding hydrogens is 406 g/mol. The second kappa shape index (κ2) is 8.99. The number of hydrogen-bond donors (Lipinski definition) is 1. The van der Waals surface area contributed by atoms with Gasteiger partial charge < -0.3 is 14.2 Å². The third-order valence-corrected chi connectivity index (χ3v) is 4.51. The lowest BCUT2D eigenvalue weighted by atomic mass is 9.98. The number of esters is 2. The molecule has 1 aromatic carbocycles. The van der Waals surface area contributed by atoms with Crippen LogP contribution in [0.2, 0.25) is 0 Å². The average Bonchev–Trinajstić information content (AvgIpc) is 3.04. The van der Waals surface area contributed by atoms with Gasteiger partial charge in [-0.05, 0) is 12.1 Å². The maximum Gasteiger partial charge on any atom is 0.338 e. The first-order valence-corrected chi connectivity index (χ1v) is 8.92. The van der Waals surface area contributed by atoms with Crippen molar-refractivity contribution in [1.82, 2.24) is 9.55 Å². The molecule has 1 saturated heterocycles. The Balaban J connectivity index is 1.87. The molecule has 1 fully saturated rings. The van der Waals surface area contributed by atoms with Crippen LogP contribution < -0.4 is 11.2 Å². The summed E-state index contributed by atoms with van der Waals surface area (Å²) in [6, 6.07) is 8.90. The predicted molar refractivity (Wildman–Crippen MR) is 97.0 cm³/mol. The zero-order valence-corrected chi connectivity index (χ0v) is 15.7. The highest BCUT2D eigenvalue weighted by Crippen LogP contribution is 2.39. The number of aromatic amines is 1. The molecular formula is C19H18F2N2O7. The first kappa shape index (κ1) is 21.4. The fourth-order valence-electron chi connectivity index (χ4n) is 3.20. The van der Waals surface area contributed by atoms with Gasteiger partial charge in [-0.1, -0.05) is 18.2 Å². The molecule has 0 aliphatic carbocycles. The number of aromatic nitrogens is 2. The molecule has 1 aromatic heterocycles. The second-order valence-corrected chi connectivity index (χ2v) is 6.53. The van der Waals surface area contributed by atoms with Gasteiger partial charge in [-0.2, -0.15) is 0 Å². The summed E-state index contributed by atoms with van der Waals surface area (Å²) in [4.78, 5) is 49.0. The molecule has 9 nitrogen and oxygen atoms in total. The number of nitrogens with zero attached hydrogens (tertiary/aromatic N) is 1. The minimum atomic E-state index is -3.02. The Morgan fingerprint density at radius 3 is 2.50 bits per heavy atom. The van der Waals surface area contributed by atoms with E-state index in [2.05, 4.69) is 0 Å². The fourth-order valence-corrected chi connectivity index (χ4v) is 3.20. The van der Waals surface area contributed by atoms with E-state index >= 15 is 0 Å². The van der Waals surface area contributed by atoms with Crippen molar-refractivity contribution in [2.75, 3.05) is 6.61 Å². The van der Waals surface area contributed by atoms with Crippen molar-refractivity contribution in [3.63, 3.8) is 0 Å². The van der Waals surface area contributed by atoms with Crippen molar-refractivity contribution in [1.29, 1.82) is 0 Å². The highest BCUT2D eigenvalue weighted by Gasteiger charge is 2.52. The van der Waals surface area contributed by atoms with Crippen LogP contribution >= 0.6 is 0 Å². The zero-order valence-electron chi connectivity index (χ0n) is 15.7. The summed E-state index contributed by atoms with van der Waals surface area (Å²) in [6.45, 7) is 0.465. The van der Waals surface area contributed by atoms with Crippen LogP contribution in [-0.2, 0) is 19.0 Å². The molecule has 11 heteroatoms. The van der Waals surface area contributed by atoms with Gasteiger partial charge in [0.15, 0.2) is 12.3 Å². The summed E-state index contributed by atoms with van der Waals surface area (Å²) in [6.07, 6.45) is -6.34. The van der Waals surface area contributed by atoms with Crippen LogP contribution in [0.4, 0.5) is 8.78 Å². The van der Waals surface area contributed by atoms with Gasteiger partial charge in [0.05, 0.1) is 11.5 Å². The van der Waals surface area contributed by atoms with Gasteiger partial charge in [0.25, 0.3) is 5.56 Å². The lowest BCUT2D eigenvalue weighted by molar-refractivity contribution is -0.156. The van der Waals surface area contributed by atoms with E-state index < -0.39 is 60.6 Å². The minimum Gasteiger partial charge on any atom is -0.459 e. The Morgan fingerprint density at radius 2 is 1.90 bits per heavy atom. The Kier molecular flexibility index (Phi) is 6.40. The summed E-state index contributed by atoms with van der Waals surface area (Å²) in [5, 5.41) is 0. The summed E-state index contributed by atoms with van der Waals surface area (Å²) in [5.74, 6) is -3.29. The summed E-state index contributed by atoms with van der Waals surface area (Å²) >= 11 is 0. The number of carbonyl (C=O) groups excluding carboxylic acids is 2. The number of H-pyrrole nitrogens is 1. The van der Waals surface area contributed by atoms with E-state index in [1.54, 1.807) is 18.2 Å². The van der Waals surface area contributed by atoms with Crippen molar-refractivity contribution in [3.05, 3.63) is 69.0 Å². The zero-order chi connectivity index (χ0) is 21.8. The smallest absolute Gasteiger partial charge is 0.338 e. The largest absolute Gasteiger partial charge is 0.459 e. The highest BCUT2D eigenvalue weighted by atomic mass is 19.3. The molecule has 160 valence electrons. The van der Waals surface area contributed by atoms with Gasteiger partial charge in [0.2, 0.25) is 6.43 Å². The molecule has 0 bridgehead atoms. The molecule has 1 aliphatic heterocycles. The van der Waals surface area contributed by atoms with Crippen LogP contribution in [0, 0.1) is 5.92 Å². The standard InChI is InChI=1S/C19H18F2N2O7/c1-10(24)29-15-14(16(20)21)12(9-28-18(26)11-5-3-2-4-6-11)30-17(15)23-8-7-13(25)22-19(23)27/h2-8,12,14-17H,9H2,1H3,(H,22,25,27)/t12-,14-,15-,17-/m1/s1. The summed E-state index contributed by atoms with van der Waals surface area (Å²) < 4.78 is 44.2. The van der Waals surface area contributed by atoms with Crippen molar-refractivity contribution >= 4 is 11.9 Å². The van der Waals surface area contributed by atoms with Crippen molar-refractivity contribution < 1.29 is 32.6 Å². The molecule has 3 rings (SSSR count). The van der Waals surface area contributed by atoms with E-state index in [1.165, 1.54) is 12.1 Å². The maximum absolute atomic E-state index is 13.8. The number of carbonyl (C=O) groups is 2. The Hall–Kier alpha value is -3.34. The molecule has 0 spiro atoms. The Morgan fingerprint density at radius 1 is 1.20 bits per heavy atom. The van der Waals surface area contributed by atoms with Crippen LogP contribution in [0.3, 0.4) is 0 Å². The molecule has 30 heavy (non-hydrogen) atoms.